The number of hydrogen-bond donors (Lipinski definition) is 4. The highest BCUT2D eigenvalue weighted by atomic mass is 16.3. The summed E-state index contributed by atoms with van der Waals surface area (Å²) in [6, 6.07) is 28.4. The quantitative estimate of drug-likeness (QED) is 0.123. The summed E-state index contributed by atoms with van der Waals surface area (Å²) in [5, 5.41) is 41.9. The van der Waals surface area contributed by atoms with Crippen LogP contribution in [0, 0.1) is 11.8 Å². The van der Waals surface area contributed by atoms with Crippen molar-refractivity contribution in [3.05, 3.63) is 129 Å². The molecule has 6 atom stereocenters. The number of benzene rings is 4. The molecule has 4 aromatic rings. The fourth-order valence-electron chi connectivity index (χ4n) is 9.94. The number of carbonyl (C=O) groups is 2. The van der Waals surface area contributed by atoms with Crippen molar-refractivity contribution in [1.82, 2.24) is 0 Å². The Bertz CT molecular complexity index is 1750. The van der Waals surface area contributed by atoms with Crippen molar-refractivity contribution in [2.24, 2.45) is 11.8 Å². The molecule has 6 nitrogen and oxygen atoms in total. The number of aliphatic hydroxyl groups excluding tert-OH is 2. The zero-order chi connectivity index (χ0) is 36.2. The van der Waals surface area contributed by atoms with Crippen LogP contribution in [-0.4, -0.2) is 45.2 Å². The van der Waals surface area contributed by atoms with Gasteiger partial charge in [0.2, 0.25) is 0 Å². The topological polar surface area (TPSA) is 115 Å². The van der Waals surface area contributed by atoms with E-state index in [4.69, 9.17) is 0 Å². The van der Waals surface area contributed by atoms with Crippen molar-refractivity contribution in [3.63, 3.8) is 0 Å². The predicted molar refractivity (Wildman–Crippen MR) is 203 cm³/mol. The Labute approximate surface area is 307 Å². The molecular weight excluding hydrogens is 649 g/mol. The lowest BCUT2D eigenvalue weighted by molar-refractivity contribution is 0.0617. The molecule has 0 amide bonds. The van der Waals surface area contributed by atoms with E-state index >= 15 is 0 Å². The minimum absolute atomic E-state index is 0.0304. The van der Waals surface area contributed by atoms with Crippen molar-refractivity contribution in [1.29, 1.82) is 0 Å². The summed E-state index contributed by atoms with van der Waals surface area (Å²) in [6.07, 6.45) is 12.7. The van der Waals surface area contributed by atoms with Crippen LogP contribution >= 0.6 is 0 Å². The van der Waals surface area contributed by atoms with Gasteiger partial charge < -0.3 is 20.4 Å². The van der Waals surface area contributed by atoms with Gasteiger partial charge in [0, 0.05) is 16.5 Å². The van der Waals surface area contributed by atoms with Gasteiger partial charge in [-0.1, -0.05) is 79.9 Å². The lowest BCUT2D eigenvalue weighted by Crippen LogP contribution is -2.32. The number of aromatic hydroxyl groups is 2. The molecular formula is C46H52O6. The Balaban J connectivity index is 1.13. The van der Waals surface area contributed by atoms with Crippen molar-refractivity contribution < 1.29 is 30.0 Å². The number of phenolic OH excluding ortho intramolecular Hbond substituents is 2. The fourth-order valence-corrected chi connectivity index (χ4v) is 9.94. The highest BCUT2D eigenvalue weighted by Gasteiger charge is 2.38. The highest BCUT2D eigenvalue weighted by molar-refractivity contribution is 5.78. The van der Waals surface area contributed by atoms with Gasteiger partial charge >= 0.3 is 0 Å². The number of aldehydes is 2. The number of phenols is 2. The van der Waals surface area contributed by atoms with E-state index in [2.05, 4.69) is 48.5 Å². The third kappa shape index (κ3) is 7.60. The van der Waals surface area contributed by atoms with Crippen molar-refractivity contribution in [2.45, 2.75) is 113 Å². The van der Waals surface area contributed by atoms with Crippen molar-refractivity contribution in [3.8, 4) is 11.5 Å². The molecule has 0 radical (unpaired) electrons. The summed E-state index contributed by atoms with van der Waals surface area (Å²) >= 11 is 0. The lowest BCUT2D eigenvalue weighted by atomic mass is 9.64. The van der Waals surface area contributed by atoms with E-state index in [1.54, 1.807) is 12.1 Å². The average Bonchev–Trinajstić information content (AvgIpc) is 3.18. The maximum Gasteiger partial charge on any atom is 0.150 e. The molecule has 4 aromatic carbocycles. The molecule has 4 N–H and O–H groups in total. The second-order valence-electron chi connectivity index (χ2n) is 16.0. The third-order valence-corrected chi connectivity index (χ3v) is 12.9. The second-order valence-corrected chi connectivity index (χ2v) is 16.0. The largest absolute Gasteiger partial charge is 0.508 e. The second kappa shape index (κ2) is 15.8. The Hall–Kier alpha value is -4.26. The molecule has 3 aliphatic rings. The van der Waals surface area contributed by atoms with E-state index in [9.17, 15) is 30.0 Å². The van der Waals surface area contributed by atoms with Gasteiger partial charge in [-0.3, -0.25) is 9.59 Å². The maximum atomic E-state index is 11.8. The van der Waals surface area contributed by atoms with Crippen LogP contribution in [0.15, 0.2) is 84.9 Å². The lowest BCUT2D eigenvalue weighted by Gasteiger charge is -2.40. The minimum Gasteiger partial charge on any atom is -0.508 e. The molecule has 3 saturated carbocycles. The van der Waals surface area contributed by atoms with Gasteiger partial charge in [0.1, 0.15) is 24.1 Å². The average molecular weight is 701 g/mol. The van der Waals surface area contributed by atoms with Crippen LogP contribution in [0.2, 0.25) is 0 Å². The highest BCUT2D eigenvalue weighted by Crippen LogP contribution is 2.48. The van der Waals surface area contributed by atoms with Gasteiger partial charge in [-0.05, 0) is 146 Å². The van der Waals surface area contributed by atoms with E-state index in [-0.39, 0.29) is 28.7 Å². The molecule has 0 saturated heterocycles. The molecule has 6 unspecified atom stereocenters. The standard InChI is InChI=1S/C46H52O6/c47-28-38-26-42(49)14-10-34(38)22-36-20-32(12-16-44(36)51)30-6-4-8-40(24-30)46(18-2-1-3-19-46)41-9-5-7-31(25-41)33-13-17-45(52)37(21-33)23-35-11-15-43(50)27-39(35)29-48/h4-11,14-15,24-29,32-33,36-37,44-45,49-52H,1-3,12-13,16-23H2. The molecule has 0 aliphatic heterocycles. The van der Waals surface area contributed by atoms with Crippen LogP contribution in [0.1, 0.15) is 137 Å². The fraction of sp³-hybridized carbons (Fsp3) is 0.435. The molecule has 3 aliphatic carbocycles. The summed E-state index contributed by atoms with van der Waals surface area (Å²) < 4.78 is 0. The molecule has 0 aromatic heterocycles. The predicted octanol–water partition coefficient (Wildman–Crippen LogP) is 8.95. The smallest absolute Gasteiger partial charge is 0.150 e. The maximum absolute atomic E-state index is 11.8. The molecule has 52 heavy (non-hydrogen) atoms. The molecule has 0 bridgehead atoms. The van der Waals surface area contributed by atoms with Gasteiger partial charge in [-0.15, -0.1) is 0 Å². The number of carbonyl (C=O) groups excluding carboxylic acids is 2. The third-order valence-electron chi connectivity index (χ3n) is 12.9. The summed E-state index contributed by atoms with van der Waals surface area (Å²) in [5.41, 5.74) is 8.03. The molecule has 0 heterocycles. The number of aliphatic hydroxyl groups is 2. The first-order chi connectivity index (χ1) is 25.3. The first kappa shape index (κ1) is 36.1. The van der Waals surface area contributed by atoms with Gasteiger partial charge in [0.25, 0.3) is 0 Å². The molecule has 3 fully saturated rings. The molecule has 272 valence electrons. The molecule has 6 heteroatoms. The van der Waals surface area contributed by atoms with E-state index in [0.29, 0.717) is 35.8 Å². The number of hydrogen-bond acceptors (Lipinski definition) is 6. The van der Waals surface area contributed by atoms with Crippen LogP contribution in [0.25, 0.3) is 0 Å². The van der Waals surface area contributed by atoms with E-state index in [1.165, 1.54) is 53.6 Å². The van der Waals surface area contributed by atoms with Crippen LogP contribution in [0.4, 0.5) is 0 Å². The van der Waals surface area contributed by atoms with E-state index < -0.39 is 12.2 Å². The summed E-state index contributed by atoms with van der Waals surface area (Å²) in [4.78, 5) is 23.5. The normalized spacial score (nSPS) is 26.0. The van der Waals surface area contributed by atoms with Crippen LogP contribution < -0.4 is 0 Å². The summed E-state index contributed by atoms with van der Waals surface area (Å²) in [6.45, 7) is 0. The van der Waals surface area contributed by atoms with Crippen LogP contribution in [-0.2, 0) is 18.3 Å². The van der Waals surface area contributed by atoms with Gasteiger partial charge in [0.05, 0.1) is 12.2 Å². The monoisotopic (exact) mass is 700 g/mol. The SMILES string of the molecule is O=Cc1cc(O)ccc1CC1CC(c2cccc(C3(c4cccc(C5CCC(O)C(Cc6ccc(O)cc6C=O)C5)c4)CCCCC3)c2)CCC1O. The Kier molecular flexibility index (Phi) is 11.0. The van der Waals surface area contributed by atoms with E-state index in [1.807, 2.05) is 12.1 Å². The number of rotatable bonds is 10. The van der Waals surface area contributed by atoms with Crippen LogP contribution in [0.5, 0.6) is 11.5 Å². The molecule has 0 spiro atoms. The first-order valence-corrected chi connectivity index (χ1v) is 19.4. The van der Waals surface area contributed by atoms with E-state index in [0.717, 1.165) is 75.1 Å². The van der Waals surface area contributed by atoms with Crippen molar-refractivity contribution in [2.75, 3.05) is 0 Å². The Morgan fingerprint density at radius 1 is 0.577 bits per heavy atom. The van der Waals surface area contributed by atoms with Crippen LogP contribution in [0.3, 0.4) is 0 Å². The Morgan fingerprint density at radius 3 is 1.48 bits per heavy atom. The first-order valence-electron chi connectivity index (χ1n) is 19.4. The van der Waals surface area contributed by atoms with Gasteiger partial charge in [-0.25, -0.2) is 0 Å². The zero-order valence-electron chi connectivity index (χ0n) is 30.0. The minimum atomic E-state index is -0.422. The molecule has 7 rings (SSSR count). The van der Waals surface area contributed by atoms with Gasteiger partial charge in [0.15, 0.2) is 0 Å². The Morgan fingerprint density at radius 2 is 1.04 bits per heavy atom. The van der Waals surface area contributed by atoms with Crippen molar-refractivity contribution >= 4 is 12.6 Å². The van der Waals surface area contributed by atoms with Gasteiger partial charge in [-0.2, -0.15) is 0 Å². The summed E-state index contributed by atoms with van der Waals surface area (Å²) in [7, 11) is 0. The summed E-state index contributed by atoms with van der Waals surface area (Å²) in [5.74, 6) is 0.847. The zero-order valence-corrected chi connectivity index (χ0v) is 30.0.